The average molecular weight is 1890 g/mol. The van der Waals surface area contributed by atoms with Crippen LogP contribution in [0.1, 0.15) is 175 Å². The summed E-state index contributed by atoms with van der Waals surface area (Å²) in [5.41, 5.74) is 41.2. The highest BCUT2D eigenvalue weighted by Gasteiger charge is 2.38. The summed E-state index contributed by atoms with van der Waals surface area (Å²) in [5, 5.41) is 4.05. The maximum atomic E-state index is 2.79. The monoisotopic (exact) mass is 1890 g/mol. The molecule has 0 aliphatic heterocycles. The average Bonchev–Trinajstić information content (AvgIpc) is 1.52. The van der Waals surface area contributed by atoms with Gasteiger partial charge in [0.15, 0.2) is 0 Å². The molecule has 3 aromatic heterocycles. The highest BCUT2D eigenvalue weighted by atomic mass is 32.1. The lowest BCUT2D eigenvalue weighted by molar-refractivity contribution is 0.236. The molecule has 702 valence electrons. The van der Waals surface area contributed by atoms with Gasteiger partial charge in [0.1, 0.15) is 0 Å². The van der Waals surface area contributed by atoms with Crippen LogP contribution in [0.25, 0.3) is 72.7 Å². The van der Waals surface area contributed by atoms with Gasteiger partial charge in [-0.15, -0.1) is 34.0 Å². The molecule has 0 saturated carbocycles. The first-order chi connectivity index (χ1) is 68.8. The number of hydrogen-bond donors (Lipinski definition) is 0. The fourth-order valence-electron chi connectivity index (χ4n) is 22.1. The summed E-state index contributed by atoms with van der Waals surface area (Å²) in [6.07, 6.45) is 70.9. The SMILES string of the molecule is CC1=CCC(N(C2=CCC(C)C=C2)C2=CC=C(c3c(-c4ccc(N(c5ccc(C)cc5)c5ccc(C)cc5)cc4)sc4c5c(C6=CCC(N(C7=CC=C(C)CC7)C7C=CC(C)=CC7)C=C6)c(-c6ccc(N(c7ccc(C)cc7)c7ccc(C)cc7)cc6)sc5c5c(C6C=CC(N(C7=CCC(C)C=C7)C7=CC=C(C)CC7)=CC6)c(-c6ccc(N(c7ccc(C)cc7)c7ccc(C)cc7)cc6)sc5c34)CC2)C=C1. The lowest BCUT2D eigenvalue weighted by Crippen LogP contribution is -2.41. The van der Waals surface area contributed by atoms with Gasteiger partial charge in [0, 0.05) is 147 Å². The lowest BCUT2D eigenvalue weighted by atomic mass is 9.85. The molecule has 9 aliphatic carbocycles. The predicted molar refractivity (Wildman–Crippen MR) is 609 cm³/mol. The molecule has 10 aromatic carbocycles. The maximum Gasteiger partial charge on any atom is 0.0556 e. The van der Waals surface area contributed by atoms with Crippen molar-refractivity contribution in [2.45, 2.75) is 184 Å². The number of rotatable bonds is 24. The van der Waals surface area contributed by atoms with Crippen molar-refractivity contribution in [3.63, 3.8) is 0 Å². The van der Waals surface area contributed by atoms with Gasteiger partial charge in [-0.25, -0.2) is 0 Å². The first-order valence-corrected chi connectivity index (χ1v) is 53.6. The minimum absolute atomic E-state index is 0.0266. The Balaban J connectivity index is 0.839. The molecule has 9 aliphatic rings. The van der Waals surface area contributed by atoms with Crippen molar-refractivity contribution in [3.05, 3.63) is 471 Å². The van der Waals surface area contributed by atoms with Crippen LogP contribution >= 0.6 is 34.0 Å². The van der Waals surface area contributed by atoms with E-state index in [0.717, 1.165) is 128 Å². The van der Waals surface area contributed by atoms with Gasteiger partial charge in [-0.1, -0.05) is 288 Å². The zero-order valence-corrected chi connectivity index (χ0v) is 85.9. The number of hydrogen-bond acceptors (Lipinski definition) is 9. The molecule has 0 spiro atoms. The van der Waals surface area contributed by atoms with E-state index in [9.17, 15) is 0 Å². The largest absolute Gasteiger partial charge is 0.361 e. The van der Waals surface area contributed by atoms with Crippen LogP contribution in [0.5, 0.6) is 0 Å². The second kappa shape index (κ2) is 39.7. The molecule has 0 radical (unpaired) electrons. The number of aryl methyl sites for hydroxylation is 6. The second-order valence-corrected chi connectivity index (χ2v) is 43.9. The molecular formula is C132H126N6S3. The van der Waals surface area contributed by atoms with Gasteiger partial charge in [-0.2, -0.15) is 0 Å². The van der Waals surface area contributed by atoms with Crippen LogP contribution in [0.3, 0.4) is 0 Å². The van der Waals surface area contributed by atoms with E-state index in [-0.39, 0.29) is 24.0 Å². The first kappa shape index (κ1) is 92.2. The van der Waals surface area contributed by atoms with E-state index in [1.54, 1.807) is 0 Å². The molecule has 0 fully saturated rings. The Hall–Kier alpha value is -13.8. The summed E-state index contributed by atoms with van der Waals surface area (Å²) in [4.78, 5) is 19.3. The maximum absolute atomic E-state index is 2.79. The van der Waals surface area contributed by atoms with Crippen molar-refractivity contribution in [2.24, 2.45) is 11.8 Å². The number of allylic oxidation sites excluding steroid dienone is 27. The Labute approximate surface area is 847 Å². The number of anilines is 9. The molecule has 13 aromatic rings. The van der Waals surface area contributed by atoms with Crippen LogP contribution in [-0.4, -0.2) is 32.8 Å². The van der Waals surface area contributed by atoms with Gasteiger partial charge in [0.25, 0.3) is 0 Å². The summed E-state index contributed by atoms with van der Waals surface area (Å²) < 4.78 is 4.01. The first-order valence-electron chi connectivity index (χ1n) is 51.2. The van der Waals surface area contributed by atoms with Crippen LogP contribution in [0.15, 0.2) is 421 Å². The summed E-state index contributed by atoms with van der Waals surface area (Å²) >= 11 is 6.12. The van der Waals surface area contributed by atoms with Crippen LogP contribution < -0.4 is 14.7 Å². The van der Waals surface area contributed by atoms with Gasteiger partial charge in [0.05, 0.1) is 18.1 Å². The summed E-state index contributed by atoms with van der Waals surface area (Å²) in [6, 6.07) is 84.1. The number of benzene rings is 10. The van der Waals surface area contributed by atoms with E-state index < -0.39 is 0 Å². The van der Waals surface area contributed by atoms with Crippen molar-refractivity contribution >= 4 is 127 Å². The fraction of sp³-hybridized carbons (Fsp3) is 0.227. The third-order valence-electron chi connectivity index (χ3n) is 30.2. The van der Waals surface area contributed by atoms with E-state index >= 15 is 0 Å². The Morgan fingerprint density at radius 2 is 0.617 bits per heavy atom. The molecule has 0 saturated heterocycles. The molecule has 0 bridgehead atoms. The summed E-state index contributed by atoms with van der Waals surface area (Å²) in [5.74, 6) is 0.938. The van der Waals surface area contributed by atoms with E-state index in [2.05, 4.69) is 477 Å². The Bertz CT molecular complexity index is 7490. The molecule has 6 unspecified atom stereocenters. The summed E-state index contributed by atoms with van der Waals surface area (Å²) in [6.45, 7) is 26.9. The highest BCUT2D eigenvalue weighted by molar-refractivity contribution is 7.30. The smallest absolute Gasteiger partial charge is 0.0556 e. The van der Waals surface area contributed by atoms with E-state index in [4.69, 9.17) is 0 Å². The van der Waals surface area contributed by atoms with Gasteiger partial charge in [0.2, 0.25) is 0 Å². The number of fused-ring (bicyclic) bond motifs is 6. The molecule has 22 rings (SSSR count). The lowest BCUT2D eigenvalue weighted by Gasteiger charge is -2.41. The number of nitrogens with zero attached hydrogens (tertiary/aromatic N) is 6. The van der Waals surface area contributed by atoms with Crippen LogP contribution in [0.4, 0.5) is 51.2 Å². The molecule has 3 heterocycles. The van der Waals surface area contributed by atoms with Crippen molar-refractivity contribution < 1.29 is 0 Å². The normalized spacial score (nSPS) is 19.5. The van der Waals surface area contributed by atoms with Gasteiger partial charge in [-0.05, 0) is 337 Å². The molecule has 6 nitrogen and oxygen atoms in total. The molecule has 141 heavy (non-hydrogen) atoms. The van der Waals surface area contributed by atoms with Crippen molar-refractivity contribution in [1.82, 2.24) is 14.7 Å². The van der Waals surface area contributed by atoms with Gasteiger partial charge >= 0.3 is 0 Å². The minimum Gasteiger partial charge on any atom is -0.361 e. The molecular weight excluding hydrogens is 1770 g/mol. The molecule has 0 amide bonds. The highest BCUT2D eigenvalue weighted by Crippen LogP contribution is 2.62. The Morgan fingerprint density at radius 1 is 0.262 bits per heavy atom. The predicted octanol–water partition coefficient (Wildman–Crippen LogP) is 38.0. The van der Waals surface area contributed by atoms with Crippen molar-refractivity contribution in [3.8, 4) is 31.3 Å². The van der Waals surface area contributed by atoms with Crippen molar-refractivity contribution in [2.75, 3.05) is 14.7 Å². The van der Waals surface area contributed by atoms with Crippen LogP contribution in [0.2, 0.25) is 0 Å². The van der Waals surface area contributed by atoms with E-state index in [0.29, 0.717) is 11.8 Å². The Kier molecular flexibility index (Phi) is 26.0. The zero-order valence-electron chi connectivity index (χ0n) is 83.5. The third kappa shape index (κ3) is 18.8. The Morgan fingerprint density at radius 3 is 0.993 bits per heavy atom. The summed E-state index contributed by atoms with van der Waals surface area (Å²) in [7, 11) is 0. The molecule has 9 heteroatoms. The topological polar surface area (TPSA) is 19.4 Å². The third-order valence-corrected chi connectivity index (χ3v) is 34.0. The van der Waals surface area contributed by atoms with Gasteiger partial charge < -0.3 is 29.4 Å². The molecule has 6 atom stereocenters. The van der Waals surface area contributed by atoms with E-state index in [1.165, 1.54) is 179 Å². The second-order valence-electron chi connectivity index (χ2n) is 40.8. The van der Waals surface area contributed by atoms with Crippen molar-refractivity contribution in [1.29, 1.82) is 0 Å². The fourth-order valence-corrected chi connectivity index (χ4v) is 26.5. The minimum atomic E-state index is -0.0266. The van der Waals surface area contributed by atoms with Crippen LogP contribution in [0, 0.1) is 53.4 Å². The zero-order chi connectivity index (χ0) is 96.2. The van der Waals surface area contributed by atoms with Crippen LogP contribution in [-0.2, 0) is 0 Å². The van der Waals surface area contributed by atoms with Gasteiger partial charge in [-0.3, -0.25) is 0 Å². The molecule has 0 N–H and O–H groups in total. The standard InChI is InChI=1S/C132H126N6S3/c1-85-13-49-103(50-14-85)133(104-51-15-86(2)16-52-104)115-73-37-97(38-74-115)121-124-130(139-127(121)100-43-79-118(80-44-100)136(109-61-25-91(7)26-62-109)110-63-27-92(8)28-64-110)125-122(98-39-75-116(76-40-98)134(105-53-17-87(3)18-54-105)106-55-19-88(4)20-56-106)129(102-47-83-120(84-48-102)138(113-69-33-95(11)34-70-113)114-71-35-96(12)36-72-114)141-132(125)126-123(99-41-77-117(78-42-99)135(107-57-21-89(5)22-58-107)108-59-23-90(6)24-60-108)128(140-131(124)126)101-45-81-119(82-46-101)137(111-65-29-93(9)30-66-111)112-67-31-94(10)32-68-112/h13-15,17-19,21,23,25-37,39-41,43-49,51-53,55,57-59,61-73,75,77-84,86,89,99,103,105,116H,16,20,22,24,38,42,50,54,56,60,74,76H2,1-12H3. The number of thiophene rings is 3. The quantitative estimate of drug-likeness (QED) is 0.0596. The van der Waals surface area contributed by atoms with E-state index in [1.807, 2.05) is 34.0 Å².